The van der Waals surface area contributed by atoms with Crippen molar-refractivity contribution in [2.24, 2.45) is 0 Å². The second-order valence-corrected chi connectivity index (χ2v) is 6.20. The molecule has 0 bridgehead atoms. The summed E-state index contributed by atoms with van der Waals surface area (Å²) in [7, 11) is 0. The minimum atomic E-state index is -0.143. The molecule has 2 aromatic carbocycles. The average molecular weight is 372 g/mol. The number of nitrogens with zero attached hydrogens (tertiary/aromatic N) is 3. The number of aromatic nitrogens is 3. The van der Waals surface area contributed by atoms with Gasteiger partial charge in [-0.25, -0.2) is 9.50 Å². The normalized spacial score (nSPS) is 10.8. The Morgan fingerprint density at radius 3 is 2.43 bits per heavy atom. The summed E-state index contributed by atoms with van der Waals surface area (Å²) in [4.78, 5) is 17.2. The molecule has 4 aromatic rings. The van der Waals surface area contributed by atoms with Crippen LogP contribution >= 0.6 is 0 Å². The number of hydrogen-bond donors (Lipinski definition) is 1. The molecule has 140 valence electrons. The zero-order valence-electron chi connectivity index (χ0n) is 15.5. The van der Waals surface area contributed by atoms with E-state index < -0.39 is 0 Å². The SMILES string of the molecule is CCOc1ccc2nc(-c3ccccc3)c(CNC(=O)c3ccccc3)n2n1. The van der Waals surface area contributed by atoms with Gasteiger partial charge in [0.2, 0.25) is 5.88 Å². The van der Waals surface area contributed by atoms with Gasteiger partial charge in [-0.15, -0.1) is 5.10 Å². The van der Waals surface area contributed by atoms with Gasteiger partial charge in [0.25, 0.3) is 5.91 Å². The largest absolute Gasteiger partial charge is 0.477 e. The van der Waals surface area contributed by atoms with Gasteiger partial charge in [0.05, 0.1) is 24.5 Å². The lowest BCUT2D eigenvalue weighted by molar-refractivity contribution is 0.0950. The second kappa shape index (κ2) is 7.92. The molecule has 0 fully saturated rings. The fourth-order valence-electron chi connectivity index (χ4n) is 3.03. The lowest BCUT2D eigenvalue weighted by Gasteiger charge is -2.08. The molecule has 0 unspecified atom stereocenters. The molecule has 0 saturated carbocycles. The fourth-order valence-corrected chi connectivity index (χ4v) is 3.03. The first-order valence-electron chi connectivity index (χ1n) is 9.16. The van der Waals surface area contributed by atoms with Crippen LogP contribution in [-0.4, -0.2) is 27.1 Å². The molecule has 6 heteroatoms. The van der Waals surface area contributed by atoms with Gasteiger partial charge in [-0.3, -0.25) is 4.79 Å². The van der Waals surface area contributed by atoms with Crippen molar-refractivity contribution >= 4 is 11.6 Å². The summed E-state index contributed by atoms with van der Waals surface area (Å²) < 4.78 is 7.27. The third kappa shape index (κ3) is 3.57. The number of hydrogen-bond acceptors (Lipinski definition) is 4. The summed E-state index contributed by atoms with van der Waals surface area (Å²) in [5, 5.41) is 7.52. The van der Waals surface area contributed by atoms with Gasteiger partial charge in [-0.2, -0.15) is 0 Å². The average Bonchev–Trinajstić information content (AvgIpc) is 3.11. The van der Waals surface area contributed by atoms with Crippen molar-refractivity contribution in [1.82, 2.24) is 19.9 Å². The van der Waals surface area contributed by atoms with Crippen LogP contribution in [0.15, 0.2) is 72.8 Å². The van der Waals surface area contributed by atoms with Crippen LogP contribution in [0.4, 0.5) is 0 Å². The topological polar surface area (TPSA) is 68.5 Å². The summed E-state index contributed by atoms with van der Waals surface area (Å²) in [5.41, 5.74) is 3.86. The molecule has 0 atom stereocenters. The molecular weight excluding hydrogens is 352 g/mol. The van der Waals surface area contributed by atoms with Crippen molar-refractivity contribution in [1.29, 1.82) is 0 Å². The molecule has 0 aliphatic rings. The lowest BCUT2D eigenvalue weighted by atomic mass is 10.1. The minimum absolute atomic E-state index is 0.143. The molecular formula is C22H20N4O2. The molecule has 0 radical (unpaired) electrons. The van der Waals surface area contributed by atoms with Crippen molar-refractivity contribution in [3.8, 4) is 17.1 Å². The monoisotopic (exact) mass is 372 g/mol. The van der Waals surface area contributed by atoms with Crippen LogP contribution in [0.3, 0.4) is 0 Å². The summed E-state index contributed by atoms with van der Waals surface area (Å²) in [5.74, 6) is 0.373. The molecule has 1 N–H and O–H groups in total. The maximum atomic E-state index is 12.5. The van der Waals surface area contributed by atoms with Crippen LogP contribution in [0, 0.1) is 0 Å². The second-order valence-electron chi connectivity index (χ2n) is 6.20. The third-order valence-electron chi connectivity index (χ3n) is 4.34. The summed E-state index contributed by atoms with van der Waals surface area (Å²) in [6.45, 7) is 2.73. The van der Waals surface area contributed by atoms with E-state index >= 15 is 0 Å². The fraction of sp³-hybridized carbons (Fsp3) is 0.136. The molecule has 2 aromatic heterocycles. The molecule has 0 spiro atoms. The smallest absolute Gasteiger partial charge is 0.251 e. The third-order valence-corrected chi connectivity index (χ3v) is 4.34. The van der Waals surface area contributed by atoms with E-state index in [1.54, 1.807) is 22.7 Å². The zero-order chi connectivity index (χ0) is 19.3. The molecule has 2 heterocycles. The maximum absolute atomic E-state index is 12.5. The summed E-state index contributed by atoms with van der Waals surface area (Å²) in [6, 6.07) is 22.7. The number of benzene rings is 2. The van der Waals surface area contributed by atoms with Crippen molar-refractivity contribution in [2.45, 2.75) is 13.5 Å². The van der Waals surface area contributed by atoms with Crippen LogP contribution in [0.25, 0.3) is 16.9 Å². The summed E-state index contributed by atoms with van der Waals surface area (Å²) >= 11 is 0. The number of ether oxygens (including phenoxy) is 1. The number of rotatable bonds is 6. The van der Waals surface area contributed by atoms with Crippen LogP contribution in [0.1, 0.15) is 23.0 Å². The highest BCUT2D eigenvalue weighted by molar-refractivity contribution is 5.94. The Labute approximate surface area is 162 Å². The highest BCUT2D eigenvalue weighted by atomic mass is 16.5. The van der Waals surface area contributed by atoms with Gasteiger partial charge in [0.15, 0.2) is 5.65 Å². The number of fused-ring (bicyclic) bond motifs is 1. The Morgan fingerprint density at radius 2 is 1.71 bits per heavy atom. The minimum Gasteiger partial charge on any atom is -0.477 e. The molecule has 0 aliphatic heterocycles. The van der Waals surface area contributed by atoms with Gasteiger partial charge >= 0.3 is 0 Å². The highest BCUT2D eigenvalue weighted by Crippen LogP contribution is 2.25. The molecule has 0 saturated heterocycles. The number of nitrogens with one attached hydrogen (secondary N) is 1. The van der Waals surface area contributed by atoms with E-state index in [1.165, 1.54) is 0 Å². The van der Waals surface area contributed by atoms with Crippen molar-refractivity contribution in [3.05, 3.63) is 84.1 Å². The van der Waals surface area contributed by atoms with Crippen LogP contribution in [-0.2, 0) is 6.54 Å². The van der Waals surface area contributed by atoms with E-state index in [0.717, 1.165) is 17.0 Å². The van der Waals surface area contributed by atoms with Gasteiger partial charge < -0.3 is 10.1 Å². The summed E-state index contributed by atoms with van der Waals surface area (Å²) in [6.07, 6.45) is 0. The molecule has 28 heavy (non-hydrogen) atoms. The molecule has 1 amide bonds. The maximum Gasteiger partial charge on any atom is 0.251 e. The van der Waals surface area contributed by atoms with E-state index in [9.17, 15) is 4.79 Å². The van der Waals surface area contributed by atoms with E-state index in [0.29, 0.717) is 30.2 Å². The number of carbonyl (C=O) groups excluding carboxylic acids is 1. The number of imidazole rings is 1. The van der Waals surface area contributed by atoms with Crippen LogP contribution < -0.4 is 10.1 Å². The van der Waals surface area contributed by atoms with E-state index in [1.807, 2.05) is 61.5 Å². The van der Waals surface area contributed by atoms with Gasteiger partial charge in [0.1, 0.15) is 0 Å². The Bertz CT molecular complexity index is 1090. The van der Waals surface area contributed by atoms with Crippen LogP contribution in [0.2, 0.25) is 0 Å². The first kappa shape index (κ1) is 17.7. The lowest BCUT2D eigenvalue weighted by Crippen LogP contribution is -2.24. The Balaban J connectivity index is 1.73. The van der Waals surface area contributed by atoms with Crippen molar-refractivity contribution < 1.29 is 9.53 Å². The predicted molar refractivity (Wildman–Crippen MR) is 107 cm³/mol. The number of carbonyl (C=O) groups is 1. The van der Waals surface area contributed by atoms with Crippen LogP contribution in [0.5, 0.6) is 5.88 Å². The van der Waals surface area contributed by atoms with Gasteiger partial charge in [-0.05, 0) is 25.1 Å². The zero-order valence-corrected chi connectivity index (χ0v) is 15.5. The van der Waals surface area contributed by atoms with Gasteiger partial charge in [-0.1, -0.05) is 48.5 Å². The first-order valence-corrected chi connectivity index (χ1v) is 9.16. The number of amides is 1. The Hall–Kier alpha value is -3.67. The highest BCUT2D eigenvalue weighted by Gasteiger charge is 2.17. The van der Waals surface area contributed by atoms with E-state index in [2.05, 4.69) is 10.4 Å². The van der Waals surface area contributed by atoms with E-state index in [4.69, 9.17) is 9.72 Å². The van der Waals surface area contributed by atoms with Crippen molar-refractivity contribution in [3.63, 3.8) is 0 Å². The van der Waals surface area contributed by atoms with Crippen molar-refractivity contribution in [2.75, 3.05) is 6.61 Å². The quantitative estimate of drug-likeness (QED) is 0.560. The van der Waals surface area contributed by atoms with Gasteiger partial charge in [0, 0.05) is 17.2 Å². The predicted octanol–water partition coefficient (Wildman–Crippen LogP) is 3.73. The first-order chi connectivity index (χ1) is 13.8. The molecule has 0 aliphatic carbocycles. The Kier molecular flexibility index (Phi) is 5.01. The molecule has 4 rings (SSSR count). The van der Waals surface area contributed by atoms with E-state index in [-0.39, 0.29) is 5.91 Å². The molecule has 6 nitrogen and oxygen atoms in total. The Morgan fingerprint density at radius 1 is 1.00 bits per heavy atom. The standard InChI is InChI=1S/C22H20N4O2/c1-2-28-20-14-13-19-24-21(16-9-5-3-6-10-16)18(26(19)25-20)15-23-22(27)17-11-7-4-8-12-17/h3-14H,2,15H2,1H3,(H,23,27).